The predicted octanol–water partition coefficient (Wildman–Crippen LogP) is 3.23. The number of hydrogen-bond acceptors (Lipinski definition) is 6. The number of nitrogens with zero attached hydrogens (tertiary/aromatic N) is 4. The molecule has 1 amide bonds. The highest BCUT2D eigenvalue weighted by molar-refractivity contribution is 7.16. The van der Waals surface area contributed by atoms with Gasteiger partial charge >= 0.3 is 0 Å². The van der Waals surface area contributed by atoms with E-state index in [1.807, 2.05) is 11.8 Å². The summed E-state index contributed by atoms with van der Waals surface area (Å²) < 4.78 is 1.28. The molecule has 10 heteroatoms. The number of nitrogens with one attached hydrogen (secondary N) is 1. The second-order valence-electron chi connectivity index (χ2n) is 5.87. The van der Waals surface area contributed by atoms with Crippen LogP contribution in [0.1, 0.15) is 17.6 Å². The van der Waals surface area contributed by atoms with Crippen molar-refractivity contribution in [1.82, 2.24) is 19.5 Å². The van der Waals surface area contributed by atoms with Gasteiger partial charge in [0.15, 0.2) is 0 Å². The standard InChI is InChI=1S/C17H17Cl2N5O2S/c1-3-23(8-13(25)21-16-11(18)5-4-6-12(16)19)9-14-22-24-15(26)7-10(2)20-17(24)27-14/h4-7H,3,8-9H2,1-2H3,(H,21,25). The van der Waals surface area contributed by atoms with E-state index in [0.29, 0.717) is 44.5 Å². The van der Waals surface area contributed by atoms with Crippen LogP contribution in [0, 0.1) is 6.92 Å². The first-order valence-electron chi connectivity index (χ1n) is 8.20. The molecule has 0 bridgehead atoms. The van der Waals surface area contributed by atoms with Crippen molar-refractivity contribution in [3.63, 3.8) is 0 Å². The summed E-state index contributed by atoms with van der Waals surface area (Å²) in [5.41, 5.74) is 0.834. The molecule has 1 N–H and O–H groups in total. The Balaban J connectivity index is 1.71. The number of aromatic nitrogens is 3. The molecule has 0 aliphatic carbocycles. The molecule has 0 atom stereocenters. The minimum atomic E-state index is -0.237. The van der Waals surface area contributed by atoms with E-state index in [1.54, 1.807) is 25.1 Å². The van der Waals surface area contributed by atoms with Gasteiger partial charge in [-0.2, -0.15) is 9.61 Å². The van der Waals surface area contributed by atoms with Crippen LogP contribution in [0.5, 0.6) is 0 Å². The van der Waals surface area contributed by atoms with Crippen LogP contribution in [-0.2, 0) is 11.3 Å². The number of aryl methyl sites for hydroxylation is 1. The summed E-state index contributed by atoms with van der Waals surface area (Å²) in [4.78, 5) is 31.1. The van der Waals surface area contributed by atoms with Crippen LogP contribution < -0.4 is 10.9 Å². The Bertz CT molecular complexity index is 1030. The summed E-state index contributed by atoms with van der Waals surface area (Å²) in [5.74, 6) is -0.237. The van der Waals surface area contributed by atoms with Gasteiger partial charge in [-0.25, -0.2) is 4.98 Å². The van der Waals surface area contributed by atoms with E-state index in [1.165, 1.54) is 21.9 Å². The van der Waals surface area contributed by atoms with E-state index in [4.69, 9.17) is 23.2 Å². The van der Waals surface area contributed by atoms with Crippen LogP contribution in [0.25, 0.3) is 4.96 Å². The molecule has 142 valence electrons. The Labute approximate surface area is 169 Å². The molecule has 0 aliphatic rings. The zero-order valence-electron chi connectivity index (χ0n) is 14.7. The van der Waals surface area contributed by atoms with Gasteiger partial charge in [-0.15, -0.1) is 0 Å². The third kappa shape index (κ3) is 4.65. The molecular formula is C17H17Cl2N5O2S. The van der Waals surface area contributed by atoms with Gasteiger partial charge in [0.05, 0.1) is 28.8 Å². The van der Waals surface area contributed by atoms with Crippen molar-refractivity contribution in [2.75, 3.05) is 18.4 Å². The number of hydrogen-bond donors (Lipinski definition) is 1. The molecule has 7 nitrogen and oxygen atoms in total. The fraction of sp³-hybridized carbons (Fsp3) is 0.294. The van der Waals surface area contributed by atoms with Gasteiger partial charge in [-0.1, -0.05) is 47.5 Å². The van der Waals surface area contributed by atoms with E-state index < -0.39 is 0 Å². The van der Waals surface area contributed by atoms with Gasteiger partial charge in [0.25, 0.3) is 5.56 Å². The van der Waals surface area contributed by atoms with Gasteiger partial charge in [-0.3, -0.25) is 14.5 Å². The lowest BCUT2D eigenvalue weighted by Gasteiger charge is -2.18. The van der Waals surface area contributed by atoms with Gasteiger partial charge in [0.2, 0.25) is 10.9 Å². The number of anilines is 1. The average Bonchev–Trinajstić information content (AvgIpc) is 3.00. The summed E-state index contributed by atoms with van der Waals surface area (Å²) in [6, 6.07) is 6.47. The number of carbonyl (C=O) groups excluding carboxylic acids is 1. The number of fused-ring (bicyclic) bond motifs is 1. The van der Waals surface area contributed by atoms with Crippen LogP contribution in [0.2, 0.25) is 10.0 Å². The molecule has 1 aromatic carbocycles. The molecule has 0 saturated heterocycles. The molecular weight excluding hydrogens is 409 g/mol. The first-order chi connectivity index (χ1) is 12.9. The lowest BCUT2D eigenvalue weighted by molar-refractivity contribution is -0.117. The Morgan fingerprint density at radius 1 is 1.33 bits per heavy atom. The lowest BCUT2D eigenvalue weighted by atomic mass is 10.3. The SMILES string of the molecule is CCN(CC(=O)Nc1c(Cl)cccc1Cl)Cc1nn2c(=O)cc(C)nc2s1. The molecule has 3 aromatic rings. The fourth-order valence-electron chi connectivity index (χ4n) is 2.49. The number of rotatable bonds is 6. The number of benzene rings is 1. The van der Waals surface area contributed by atoms with Gasteiger partial charge < -0.3 is 5.32 Å². The van der Waals surface area contributed by atoms with Gasteiger partial charge in [-0.05, 0) is 25.6 Å². The Kier molecular flexibility index (Phi) is 6.11. The quantitative estimate of drug-likeness (QED) is 0.655. The maximum Gasteiger partial charge on any atom is 0.275 e. The topological polar surface area (TPSA) is 79.6 Å². The van der Waals surface area contributed by atoms with Crippen LogP contribution in [-0.4, -0.2) is 38.5 Å². The summed E-state index contributed by atoms with van der Waals surface area (Å²) in [6.45, 7) is 4.89. The number of carbonyl (C=O) groups is 1. The van der Waals surface area contributed by atoms with Crippen molar-refractivity contribution in [2.45, 2.75) is 20.4 Å². The molecule has 0 spiro atoms. The van der Waals surface area contributed by atoms with Crippen LogP contribution in [0.15, 0.2) is 29.1 Å². The molecule has 0 radical (unpaired) electrons. The molecule has 0 saturated carbocycles. The van der Waals surface area contributed by atoms with Gasteiger partial charge in [0, 0.05) is 11.8 Å². The fourth-order valence-corrected chi connectivity index (χ4v) is 3.97. The molecule has 0 aliphatic heterocycles. The van der Waals surface area contributed by atoms with Crippen molar-refractivity contribution >= 4 is 51.1 Å². The highest BCUT2D eigenvalue weighted by Gasteiger charge is 2.16. The molecule has 0 fully saturated rings. The summed E-state index contributed by atoms with van der Waals surface area (Å²) in [7, 11) is 0. The molecule has 2 heterocycles. The smallest absolute Gasteiger partial charge is 0.275 e. The zero-order chi connectivity index (χ0) is 19.6. The number of para-hydroxylation sites is 1. The minimum absolute atomic E-state index is 0.134. The van der Waals surface area contributed by atoms with Crippen molar-refractivity contribution < 1.29 is 4.79 Å². The van der Waals surface area contributed by atoms with E-state index in [-0.39, 0.29) is 18.0 Å². The predicted molar refractivity (Wildman–Crippen MR) is 108 cm³/mol. The number of amides is 1. The maximum atomic E-state index is 12.4. The van der Waals surface area contributed by atoms with Crippen molar-refractivity contribution in [3.8, 4) is 0 Å². The van der Waals surface area contributed by atoms with Crippen molar-refractivity contribution in [3.05, 3.63) is 55.4 Å². The normalized spacial score (nSPS) is 11.3. The minimum Gasteiger partial charge on any atom is -0.322 e. The second kappa shape index (κ2) is 8.35. The molecule has 27 heavy (non-hydrogen) atoms. The molecule has 3 rings (SSSR count). The number of halogens is 2. The average molecular weight is 426 g/mol. The monoisotopic (exact) mass is 425 g/mol. The first-order valence-corrected chi connectivity index (χ1v) is 9.77. The van der Waals surface area contributed by atoms with Crippen molar-refractivity contribution in [1.29, 1.82) is 0 Å². The van der Waals surface area contributed by atoms with Crippen LogP contribution in [0.3, 0.4) is 0 Å². The summed E-state index contributed by atoms with van der Waals surface area (Å²) in [6.07, 6.45) is 0. The van der Waals surface area contributed by atoms with Crippen LogP contribution in [0.4, 0.5) is 5.69 Å². The Hall–Kier alpha value is -2.00. The first kappa shape index (κ1) is 19.8. The Morgan fingerprint density at radius 3 is 2.70 bits per heavy atom. The molecule has 0 unspecified atom stereocenters. The van der Waals surface area contributed by atoms with E-state index in [2.05, 4.69) is 15.4 Å². The zero-order valence-corrected chi connectivity index (χ0v) is 17.0. The number of likely N-dealkylation sites (N-methyl/N-ethyl adjacent to an activating group) is 1. The van der Waals surface area contributed by atoms with Crippen molar-refractivity contribution in [2.24, 2.45) is 0 Å². The van der Waals surface area contributed by atoms with E-state index in [9.17, 15) is 9.59 Å². The largest absolute Gasteiger partial charge is 0.322 e. The third-order valence-electron chi connectivity index (χ3n) is 3.82. The molecule has 2 aromatic heterocycles. The third-order valence-corrected chi connectivity index (χ3v) is 5.34. The maximum absolute atomic E-state index is 12.4. The Morgan fingerprint density at radius 2 is 2.04 bits per heavy atom. The highest BCUT2D eigenvalue weighted by Crippen LogP contribution is 2.29. The van der Waals surface area contributed by atoms with E-state index in [0.717, 1.165) is 0 Å². The second-order valence-corrected chi connectivity index (χ2v) is 7.73. The van der Waals surface area contributed by atoms with E-state index >= 15 is 0 Å². The summed E-state index contributed by atoms with van der Waals surface area (Å²) >= 11 is 13.5. The van der Waals surface area contributed by atoms with Gasteiger partial charge in [0.1, 0.15) is 5.01 Å². The highest BCUT2D eigenvalue weighted by atomic mass is 35.5. The summed E-state index contributed by atoms with van der Waals surface area (Å²) in [5, 5.41) is 8.51. The lowest BCUT2D eigenvalue weighted by Crippen LogP contribution is -2.33. The van der Waals surface area contributed by atoms with Crippen LogP contribution >= 0.6 is 34.5 Å².